The average Bonchev–Trinajstić information content (AvgIpc) is 2.73. The van der Waals surface area contributed by atoms with Gasteiger partial charge in [-0.3, -0.25) is 9.59 Å². The minimum Gasteiger partial charge on any atom is -0.352 e. The van der Waals surface area contributed by atoms with Crippen LogP contribution in [-0.2, 0) is 21.9 Å². The van der Waals surface area contributed by atoms with Crippen molar-refractivity contribution in [2.24, 2.45) is 0 Å². The van der Waals surface area contributed by atoms with Gasteiger partial charge in [0, 0.05) is 22.8 Å². The maximum atomic E-state index is 13.8. The molecular formula is C23H28BrFN2O2S. The van der Waals surface area contributed by atoms with Crippen LogP contribution in [0.2, 0.25) is 0 Å². The number of rotatable bonds is 10. The van der Waals surface area contributed by atoms with Crippen LogP contribution in [0.4, 0.5) is 4.39 Å². The van der Waals surface area contributed by atoms with Gasteiger partial charge in [-0.2, -0.15) is 0 Å². The minimum atomic E-state index is -0.607. The minimum absolute atomic E-state index is 0.0417. The monoisotopic (exact) mass is 494 g/mol. The summed E-state index contributed by atoms with van der Waals surface area (Å²) in [5.41, 5.74) is 1.51. The smallest absolute Gasteiger partial charge is 0.242 e. The molecule has 0 aliphatic heterocycles. The van der Waals surface area contributed by atoms with Gasteiger partial charge in [0.1, 0.15) is 11.9 Å². The van der Waals surface area contributed by atoms with Gasteiger partial charge in [-0.25, -0.2) is 4.39 Å². The number of carbonyl (C=O) groups excluding carboxylic acids is 2. The molecule has 0 heterocycles. The number of benzene rings is 2. The van der Waals surface area contributed by atoms with Crippen LogP contribution in [0.15, 0.2) is 53.0 Å². The molecule has 0 saturated heterocycles. The molecule has 0 aromatic heterocycles. The Labute approximate surface area is 190 Å². The zero-order valence-corrected chi connectivity index (χ0v) is 19.9. The number of amides is 2. The van der Waals surface area contributed by atoms with Crippen molar-refractivity contribution in [2.75, 3.05) is 5.75 Å². The predicted octanol–water partition coefficient (Wildman–Crippen LogP) is 5.15. The summed E-state index contributed by atoms with van der Waals surface area (Å²) in [6, 6.07) is 13.7. The highest BCUT2D eigenvalue weighted by Gasteiger charge is 2.26. The summed E-state index contributed by atoms with van der Waals surface area (Å²) in [6.45, 7) is 6.02. The summed E-state index contributed by atoms with van der Waals surface area (Å²) < 4.78 is 14.8. The van der Waals surface area contributed by atoms with Crippen LogP contribution in [-0.4, -0.2) is 34.6 Å². The lowest BCUT2D eigenvalue weighted by Crippen LogP contribution is -2.50. The van der Waals surface area contributed by atoms with Gasteiger partial charge < -0.3 is 10.2 Å². The first-order chi connectivity index (χ1) is 14.3. The Bertz CT molecular complexity index is 847. The fraction of sp³-hybridized carbons (Fsp3) is 0.391. The van der Waals surface area contributed by atoms with Gasteiger partial charge in [0.15, 0.2) is 0 Å². The topological polar surface area (TPSA) is 49.4 Å². The number of nitrogens with one attached hydrogen (secondary N) is 1. The van der Waals surface area contributed by atoms with Gasteiger partial charge >= 0.3 is 0 Å². The van der Waals surface area contributed by atoms with Crippen molar-refractivity contribution < 1.29 is 14.0 Å². The lowest BCUT2D eigenvalue weighted by atomic mass is 10.1. The molecule has 4 nitrogen and oxygen atoms in total. The molecule has 0 aliphatic rings. The molecule has 0 radical (unpaired) electrons. The van der Waals surface area contributed by atoms with E-state index in [1.807, 2.05) is 38.1 Å². The summed E-state index contributed by atoms with van der Waals surface area (Å²) in [7, 11) is 0. The molecular weight excluding hydrogens is 467 g/mol. The van der Waals surface area contributed by atoms with Crippen LogP contribution in [0.25, 0.3) is 0 Å². The van der Waals surface area contributed by atoms with E-state index in [1.165, 1.54) is 17.8 Å². The zero-order chi connectivity index (χ0) is 22.1. The summed E-state index contributed by atoms with van der Waals surface area (Å²) in [5.74, 6) is -0.0190. The van der Waals surface area contributed by atoms with Gasteiger partial charge in [0.25, 0.3) is 0 Å². The molecule has 162 valence electrons. The third-order valence-corrected chi connectivity index (χ3v) is 6.37. The van der Waals surface area contributed by atoms with Crippen molar-refractivity contribution in [2.45, 2.75) is 51.6 Å². The van der Waals surface area contributed by atoms with E-state index in [4.69, 9.17) is 0 Å². The van der Waals surface area contributed by atoms with Crippen molar-refractivity contribution >= 4 is 39.5 Å². The van der Waals surface area contributed by atoms with Gasteiger partial charge in [0.05, 0.1) is 5.75 Å². The highest BCUT2D eigenvalue weighted by molar-refractivity contribution is 9.10. The van der Waals surface area contributed by atoms with E-state index in [0.29, 0.717) is 17.9 Å². The highest BCUT2D eigenvalue weighted by Crippen LogP contribution is 2.19. The van der Waals surface area contributed by atoms with Gasteiger partial charge in [-0.05, 0) is 49.6 Å². The van der Waals surface area contributed by atoms with Crippen molar-refractivity contribution in [3.05, 3.63) is 69.9 Å². The number of thioether (sulfide) groups is 1. The molecule has 0 aliphatic carbocycles. The van der Waals surface area contributed by atoms with Crippen LogP contribution in [0.1, 0.15) is 38.3 Å². The lowest BCUT2D eigenvalue weighted by Gasteiger charge is -2.29. The third-order valence-electron chi connectivity index (χ3n) is 4.88. The lowest BCUT2D eigenvalue weighted by molar-refractivity contribution is -0.138. The summed E-state index contributed by atoms with van der Waals surface area (Å²) >= 11 is 4.76. The van der Waals surface area contributed by atoms with Crippen molar-refractivity contribution in [3.63, 3.8) is 0 Å². The molecule has 2 amide bonds. The molecule has 2 aromatic carbocycles. The third kappa shape index (κ3) is 7.43. The van der Waals surface area contributed by atoms with Gasteiger partial charge in [-0.1, -0.05) is 53.2 Å². The van der Waals surface area contributed by atoms with E-state index in [9.17, 15) is 14.0 Å². The second-order valence-corrected chi connectivity index (χ2v) is 9.13. The average molecular weight is 495 g/mol. The Balaban J connectivity index is 2.08. The zero-order valence-electron chi connectivity index (χ0n) is 17.5. The van der Waals surface area contributed by atoms with E-state index in [-0.39, 0.29) is 29.4 Å². The van der Waals surface area contributed by atoms with Crippen LogP contribution in [0.3, 0.4) is 0 Å². The Morgan fingerprint density at radius 1 is 1.13 bits per heavy atom. The number of carbonyl (C=O) groups is 2. The molecule has 30 heavy (non-hydrogen) atoms. The Morgan fingerprint density at radius 2 is 1.80 bits per heavy atom. The predicted molar refractivity (Wildman–Crippen MR) is 125 cm³/mol. The molecule has 7 heteroatoms. The molecule has 0 unspecified atom stereocenters. The first-order valence-corrected chi connectivity index (χ1v) is 11.9. The maximum Gasteiger partial charge on any atom is 0.242 e. The molecule has 2 atom stereocenters. The standard InChI is InChI=1S/C23H28BrFN2O2S/c1-4-16(2)26-23(29)17(3)27(13-18-9-11-20(24)12-10-18)22(28)15-30-14-19-7-5-6-8-21(19)25/h5-12,16-17H,4,13-15H2,1-3H3,(H,26,29)/t16-,17-/m1/s1. The molecule has 0 bridgehead atoms. The first-order valence-electron chi connectivity index (χ1n) is 9.97. The normalized spacial score (nSPS) is 12.8. The largest absolute Gasteiger partial charge is 0.352 e. The SMILES string of the molecule is CC[C@@H](C)NC(=O)[C@@H](C)N(Cc1ccc(Br)cc1)C(=O)CSCc1ccccc1F. The fourth-order valence-corrected chi connectivity index (χ4v) is 3.94. The fourth-order valence-electron chi connectivity index (χ4n) is 2.78. The van der Waals surface area contributed by atoms with Crippen molar-refractivity contribution in [1.29, 1.82) is 0 Å². The van der Waals surface area contributed by atoms with Crippen LogP contribution in [0.5, 0.6) is 0 Å². The van der Waals surface area contributed by atoms with Gasteiger partial charge in [-0.15, -0.1) is 11.8 Å². The van der Waals surface area contributed by atoms with E-state index in [1.54, 1.807) is 30.0 Å². The Hall–Kier alpha value is -1.86. The molecule has 0 fully saturated rings. The van der Waals surface area contributed by atoms with Crippen LogP contribution in [0, 0.1) is 5.82 Å². The van der Waals surface area contributed by atoms with E-state index >= 15 is 0 Å². The van der Waals surface area contributed by atoms with E-state index in [2.05, 4.69) is 21.2 Å². The summed E-state index contributed by atoms with van der Waals surface area (Å²) in [4.78, 5) is 27.3. The molecule has 0 spiro atoms. The second-order valence-electron chi connectivity index (χ2n) is 7.23. The van der Waals surface area contributed by atoms with Crippen molar-refractivity contribution in [3.8, 4) is 0 Å². The van der Waals surface area contributed by atoms with Gasteiger partial charge in [0.2, 0.25) is 11.8 Å². The van der Waals surface area contributed by atoms with E-state index in [0.717, 1.165) is 16.5 Å². The quantitative estimate of drug-likeness (QED) is 0.496. The Morgan fingerprint density at radius 3 is 2.43 bits per heavy atom. The first kappa shape index (κ1) is 24.4. The second kappa shape index (κ2) is 12.1. The summed E-state index contributed by atoms with van der Waals surface area (Å²) in [6.07, 6.45) is 0.817. The maximum absolute atomic E-state index is 13.8. The highest BCUT2D eigenvalue weighted by atomic mass is 79.9. The number of hydrogen-bond acceptors (Lipinski definition) is 3. The molecule has 2 aromatic rings. The van der Waals surface area contributed by atoms with Crippen LogP contribution >= 0.6 is 27.7 Å². The Kier molecular flexibility index (Phi) is 9.85. The van der Waals surface area contributed by atoms with Crippen molar-refractivity contribution in [1.82, 2.24) is 10.2 Å². The number of nitrogens with zero attached hydrogens (tertiary/aromatic N) is 1. The number of halogens is 2. The molecule has 1 N–H and O–H groups in total. The number of hydrogen-bond donors (Lipinski definition) is 1. The van der Waals surface area contributed by atoms with Crippen LogP contribution < -0.4 is 5.32 Å². The van der Waals surface area contributed by atoms with E-state index < -0.39 is 6.04 Å². The molecule has 0 saturated carbocycles. The summed E-state index contributed by atoms with van der Waals surface area (Å²) in [5, 5.41) is 2.95. The molecule has 2 rings (SSSR count).